The van der Waals surface area contributed by atoms with Crippen molar-refractivity contribution in [2.75, 3.05) is 19.0 Å². The summed E-state index contributed by atoms with van der Waals surface area (Å²) in [5.41, 5.74) is 0. The van der Waals surface area contributed by atoms with Crippen molar-refractivity contribution in [3.63, 3.8) is 0 Å². The molecule has 0 rings (SSSR count). The number of carbonyl (C=O) groups excluding carboxylic acids is 1. The molecule has 0 saturated heterocycles. The molecule has 132 valence electrons. The van der Waals surface area contributed by atoms with Gasteiger partial charge in [0.05, 0.1) is 22.5 Å². The second-order valence-electron chi connectivity index (χ2n) is 5.39. The van der Waals surface area contributed by atoms with Crippen LogP contribution in [0.15, 0.2) is 0 Å². The Kier molecular flexibility index (Phi) is 18.8. The fourth-order valence-corrected chi connectivity index (χ4v) is 2.30. The molecule has 0 amide bonds. The van der Waals surface area contributed by atoms with E-state index in [9.17, 15) is 17.8 Å². The quantitative estimate of drug-likeness (QED) is 0.195. The summed E-state index contributed by atoms with van der Waals surface area (Å²) in [6.07, 6.45) is 11.0. The van der Waals surface area contributed by atoms with E-state index in [1.807, 2.05) is 0 Å². The maximum Gasteiger partial charge on any atom is 1.00 e. The van der Waals surface area contributed by atoms with Crippen LogP contribution in [-0.4, -0.2) is 38.1 Å². The summed E-state index contributed by atoms with van der Waals surface area (Å²) in [6.45, 7) is 2.02. The van der Waals surface area contributed by atoms with Gasteiger partial charge in [0.1, 0.15) is 6.61 Å². The molecule has 0 saturated carbocycles. The van der Waals surface area contributed by atoms with E-state index < -0.39 is 28.6 Å². The summed E-state index contributed by atoms with van der Waals surface area (Å²) >= 11 is 0. The van der Waals surface area contributed by atoms with Crippen molar-refractivity contribution in [2.45, 2.75) is 71.1 Å². The Hall–Kier alpha value is 0.180. The molecule has 0 aromatic rings. The number of hydrogen-bond acceptors (Lipinski definition) is 6. The second-order valence-corrected chi connectivity index (χ2v) is 6.91. The molecule has 0 aliphatic heterocycles. The topological polar surface area (TPSA) is 92.7 Å². The number of carbonyl (C=O) groups is 1. The molecule has 6 nitrogen and oxygen atoms in total. The number of hydrogen-bond donors (Lipinski definition) is 0. The first kappa shape index (κ1) is 25.4. The van der Waals surface area contributed by atoms with Crippen molar-refractivity contribution in [3.8, 4) is 0 Å². The van der Waals surface area contributed by atoms with Gasteiger partial charge in [-0.05, 0) is 6.42 Å². The van der Waals surface area contributed by atoms with Crippen LogP contribution in [0.5, 0.6) is 0 Å². The van der Waals surface area contributed by atoms with Crippen LogP contribution >= 0.6 is 0 Å². The van der Waals surface area contributed by atoms with E-state index in [2.05, 4.69) is 11.7 Å². The van der Waals surface area contributed by atoms with Crippen LogP contribution in [0.25, 0.3) is 0 Å². The molecule has 0 fully saturated rings. The predicted molar refractivity (Wildman–Crippen MR) is 83.7 cm³/mol. The fourth-order valence-electron chi connectivity index (χ4n) is 2.01. The van der Waals surface area contributed by atoms with Crippen molar-refractivity contribution in [1.29, 1.82) is 0 Å². The molecule has 0 radical (unpaired) electrons. The van der Waals surface area contributed by atoms with Crippen molar-refractivity contribution >= 4 is 16.3 Å². The van der Waals surface area contributed by atoms with Crippen LogP contribution in [0, 0.1) is 0 Å². The van der Waals surface area contributed by atoms with E-state index in [4.69, 9.17) is 4.74 Å². The summed E-state index contributed by atoms with van der Waals surface area (Å²) < 4.78 is 40.1. The van der Waals surface area contributed by atoms with Gasteiger partial charge in [-0.25, -0.2) is 13.2 Å². The van der Waals surface area contributed by atoms with Crippen LogP contribution in [-0.2, 0) is 19.6 Å². The molecule has 0 aliphatic carbocycles. The second kappa shape index (κ2) is 17.0. The standard InChI is InChI=1S/C15H30O6S.Na/c1-2-3-4-5-6-7-8-9-10-11-12-20-15(16)21-13-14-22(17,18)19;/h2-14H2,1H3,(H,17,18,19);/q;+1/p-1. The predicted octanol–water partition coefficient (Wildman–Crippen LogP) is 0.610. The monoisotopic (exact) mass is 360 g/mol. The maximum absolute atomic E-state index is 11.0. The molecular formula is C15H29NaO6S. The summed E-state index contributed by atoms with van der Waals surface area (Å²) in [7, 11) is -4.35. The molecule has 0 heterocycles. The molecule has 0 unspecified atom stereocenters. The van der Waals surface area contributed by atoms with Crippen molar-refractivity contribution in [2.24, 2.45) is 0 Å². The summed E-state index contributed by atoms with van der Waals surface area (Å²) in [4.78, 5) is 11.0. The average molecular weight is 360 g/mol. The number of ether oxygens (including phenoxy) is 2. The van der Waals surface area contributed by atoms with Gasteiger partial charge in [-0.1, -0.05) is 64.7 Å². The third-order valence-corrected chi connectivity index (χ3v) is 3.94. The summed E-state index contributed by atoms with van der Waals surface area (Å²) in [5, 5.41) is 0. The minimum Gasteiger partial charge on any atom is -0.748 e. The Morgan fingerprint density at radius 2 is 1.26 bits per heavy atom. The third-order valence-electron chi connectivity index (χ3n) is 3.27. The molecule has 0 N–H and O–H groups in total. The van der Waals surface area contributed by atoms with Crippen LogP contribution in [0.3, 0.4) is 0 Å². The third kappa shape index (κ3) is 22.2. The van der Waals surface area contributed by atoms with Crippen LogP contribution in [0.1, 0.15) is 71.1 Å². The summed E-state index contributed by atoms with van der Waals surface area (Å²) in [6, 6.07) is 0. The fraction of sp³-hybridized carbons (Fsp3) is 0.933. The minimum absolute atomic E-state index is 0. The first-order valence-corrected chi connectivity index (χ1v) is 9.76. The largest absolute Gasteiger partial charge is 1.00 e. The van der Waals surface area contributed by atoms with Gasteiger partial charge in [-0.3, -0.25) is 0 Å². The molecule has 8 heteroatoms. The van der Waals surface area contributed by atoms with Crippen molar-refractivity contribution in [1.82, 2.24) is 0 Å². The Balaban J connectivity index is 0. The molecule has 0 bridgehead atoms. The first-order chi connectivity index (χ1) is 10.5. The van der Waals surface area contributed by atoms with Crippen LogP contribution in [0.4, 0.5) is 4.79 Å². The van der Waals surface area contributed by atoms with Crippen molar-refractivity contribution < 1.29 is 56.8 Å². The smallest absolute Gasteiger partial charge is 0.748 e. The Bertz CT molecular complexity index is 372. The molecular weight excluding hydrogens is 331 g/mol. The molecule has 0 spiro atoms. The summed E-state index contributed by atoms with van der Waals surface area (Å²) in [5.74, 6) is -0.722. The zero-order valence-electron chi connectivity index (χ0n) is 14.6. The average Bonchev–Trinajstić information content (AvgIpc) is 2.43. The van der Waals surface area contributed by atoms with Gasteiger partial charge in [0, 0.05) is 0 Å². The van der Waals surface area contributed by atoms with Gasteiger partial charge >= 0.3 is 35.7 Å². The Labute approximate surface area is 162 Å². The zero-order chi connectivity index (χ0) is 16.7. The van der Waals surface area contributed by atoms with E-state index in [0.717, 1.165) is 19.3 Å². The molecule has 0 atom stereocenters. The van der Waals surface area contributed by atoms with E-state index in [-0.39, 0.29) is 36.2 Å². The number of rotatable bonds is 14. The normalized spacial score (nSPS) is 10.9. The Morgan fingerprint density at radius 1 is 0.826 bits per heavy atom. The molecule has 0 aromatic heterocycles. The van der Waals surface area contributed by atoms with E-state index >= 15 is 0 Å². The van der Waals surface area contributed by atoms with Gasteiger partial charge in [-0.2, -0.15) is 0 Å². The van der Waals surface area contributed by atoms with E-state index in [1.165, 1.54) is 44.9 Å². The first-order valence-electron chi connectivity index (χ1n) is 8.19. The van der Waals surface area contributed by atoms with Gasteiger partial charge in [-0.15, -0.1) is 0 Å². The molecule has 23 heavy (non-hydrogen) atoms. The molecule has 0 aliphatic rings. The number of unbranched alkanes of at least 4 members (excludes halogenated alkanes) is 9. The Morgan fingerprint density at radius 3 is 1.74 bits per heavy atom. The zero-order valence-corrected chi connectivity index (χ0v) is 17.4. The van der Waals surface area contributed by atoms with Gasteiger partial charge in [0.25, 0.3) is 0 Å². The van der Waals surface area contributed by atoms with Crippen molar-refractivity contribution in [3.05, 3.63) is 0 Å². The van der Waals surface area contributed by atoms with Gasteiger partial charge < -0.3 is 14.0 Å². The van der Waals surface area contributed by atoms with Gasteiger partial charge in [0.2, 0.25) is 0 Å². The van der Waals surface area contributed by atoms with E-state index in [0.29, 0.717) is 0 Å². The minimum atomic E-state index is -4.35. The SMILES string of the molecule is CCCCCCCCCCCCOC(=O)OCCS(=O)(=O)[O-].[Na+]. The molecule has 0 aromatic carbocycles. The van der Waals surface area contributed by atoms with Crippen LogP contribution < -0.4 is 29.6 Å². The maximum atomic E-state index is 11.0. The van der Waals surface area contributed by atoms with Gasteiger partial charge in [0.15, 0.2) is 0 Å². The van der Waals surface area contributed by atoms with Crippen LogP contribution in [0.2, 0.25) is 0 Å². The van der Waals surface area contributed by atoms with E-state index in [1.54, 1.807) is 0 Å².